The molecule has 0 radical (unpaired) electrons. The van der Waals surface area contributed by atoms with Crippen LogP contribution in [0.1, 0.15) is 92.7 Å². The molecule has 2 aromatic heterocycles. The number of unbranched alkanes of at least 4 members (excludes halogenated alkanes) is 2. The van der Waals surface area contributed by atoms with Crippen molar-refractivity contribution in [1.82, 2.24) is 35.5 Å². The summed E-state index contributed by atoms with van der Waals surface area (Å²) in [5.41, 5.74) is 5.99. The third kappa shape index (κ3) is 19.1. The van der Waals surface area contributed by atoms with Crippen LogP contribution in [0.5, 0.6) is 0 Å². The molecule has 0 aromatic carbocycles. The Morgan fingerprint density at radius 2 is 1.54 bits per heavy atom. The highest BCUT2D eigenvalue weighted by atomic mass is 32.2. The Morgan fingerprint density at radius 3 is 2.15 bits per heavy atom. The van der Waals surface area contributed by atoms with E-state index in [1.54, 1.807) is 21.6 Å². The smallest absolute Gasteiger partial charge is 0.478 e. The second-order valence-corrected chi connectivity index (χ2v) is 21.5. The number of nitrogen functional groups attached to an aromatic ring is 1. The third-order valence-electron chi connectivity index (χ3n) is 11.2. The van der Waals surface area contributed by atoms with Crippen LogP contribution in [-0.2, 0) is 45.7 Å². The summed E-state index contributed by atoms with van der Waals surface area (Å²) in [5.74, 6) is -0.777. The number of imidazole rings is 1. The molecule has 67 heavy (non-hydrogen) atoms. The van der Waals surface area contributed by atoms with Gasteiger partial charge in [-0.1, -0.05) is 6.42 Å². The molecule has 0 aliphatic carbocycles. The monoisotopic (exact) mass is 1030 g/mol. The van der Waals surface area contributed by atoms with E-state index in [0.717, 1.165) is 24.9 Å². The highest BCUT2D eigenvalue weighted by molar-refractivity contribution is 8.00. The number of phosphoric acid groups is 3. The SMILES string of the molecule is CC[NH+](CC)CC.CC[NH+](CC)CC.Nc1ncnc2c1ncn2[C@@H]1O[C@H](COP(=O)(O)OP(=O)([O-])OP(=O)([O-])OC(=O)CCCCNC(=O)CCCC[C@@H]2SC[C@@H]3NC(=O)N[C@@H]32)C(O)[C@@H]1O. The highest BCUT2D eigenvalue weighted by Crippen LogP contribution is 2.64. The summed E-state index contributed by atoms with van der Waals surface area (Å²) in [5, 5.41) is 29.6. The van der Waals surface area contributed by atoms with E-state index >= 15 is 0 Å². The Kier molecular flexibility index (Phi) is 24.5. The summed E-state index contributed by atoms with van der Waals surface area (Å²) in [7, 11) is -17.9. The normalized spacial score (nSPS) is 24.9. The minimum atomic E-state index is -6.24. The number of amides is 3. The van der Waals surface area contributed by atoms with Crippen LogP contribution in [0.25, 0.3) is 11.2 Å². The van der Waals surface area contributed by atoms with Crippen molar-refractivity contribution in [2.24, 2.45) is 0 Å². The van der Waals surface area contributed by atoms with Crippen molar-refractivity contribution in [1.29, 1.82) is 0 Å². The number of nitrogens with zero attached hydrogens (tertiary/aromatic N) is 4. The quantitative estimate of drug-likeness (QED) is 0.0311. The summed E-state index contributed by atoms with van der Waals surface area (Å²) in [4.78, 5) is 84.6. The van der Waals surface area contributed by atoms with Gasteiger partial charge in [0.05, 0.1) is 64.3 Å². The number of urea groups is 1. The van der Waals surface area contributed by atoms with Gasteiger partial charge in [0.15, 0.2) is 17.7 Å². The van der Waals surface area contributed by atoms with Gasteiger partial charge in [0.1, 0.15) is 30.2 Å². The van der Waals surface area contributed by atoms with Crippen LogP contribution in [0.15, 0.2) is 12.7 Å². The van der Waals surface area contributed by atoms with E-state index in [0.29, 0.717) is 6.42 Å². The molecule has 384 valence electrons. The summed E-state index contributed by atoms with van der Waals surface area (Å²) < 4.78 is 59.2. The van der Waals surface area contributed by atoms with Crippen LogP contribution in [0.2, 0.25) is 0 Å². The highest BCUT2D eigenvalue weighted by Gasteiger charge is 2.46. The molecule has 3 amide bonds. The largest absolute Gasteiger partial charge is 0.756 e. The zero-order valence-corrected chi connectivity index (χ0v) is 42.3. The molecule has 3 saturated heterocycles. The molecule has 0 spiro atoms. The first kappa shape index (κ1) is 58.5. The second kappa shape index (κ2) is 28.1. The molecule has 3 aliphatic heterocycles. The third-order valence-corrected chi connectivity index (χ3v) is 16.9. The molecule has 10 atom stereocenters. The van der Waals surface area contributed by atoms with Gasteiger partial charge in [0.2, 0.25) is 5.91 Å². The zero-order valence-electron chi connectivity index (χ0n) is 38.8. The number of rotatable bonds is 25. The number of anilines is 1. The van der Waals surface area contributed by atoms with Crippen LogP contribution in [0.4, 0.5) is 10.6 Å². The molecular weight excluding hydrogens is 965 g/mol. The van der Waals surface area contributed by atoms with Crippen molar-refractivity contribution in [3.05, 3.63) is 12.7 Å². The Hall–Kier alpha value is -2.84. The van der Waals surface area contributed by atoms with Gasteiger partial charge in [-0.3, -0.25) is 27.8 Å². The lowest BCUT2D eigenvalue weighted by molar-refractivity contribution is -0.894. The minimum Gasteiger partial charge on any atom is -0.756 e. The van der Waals surface area contributed by atoms with Crippen molar-refractivity contribution in [3.8, 4) is 0 Å². The van der Waals surface area contributed by atoms with E-state index in [4.69, 9.17) is 10.5 Å². The standard InChI is InChI=1S/C25H39N8O16P3S.2C6H15N/c26-22-19-23(29-11-28-22)33(12-30-19)24-21(37)20(36)14(46-24)9-45-50(39,40)48-52(43,44)49-51(41,42)47-17(35)7-3-4-8-27-16(34)6-2-1-5-15-18-13(10-53-15)31-25(38)32-18;2*1-4-7(5-2)6-3/h11-15,18,20-21,24,36-37H,1-10H2,(H,27,34)(H,39,40)(H,41,42)(H,43,44)(H2,26,28,29)(H2,31,32,38);2*4-6H2,1-3H3/t13-,14+,15-,18-,20?,21-,24+;;/m0../s1. The topological polar surface area (TPSA) is 370 Å². The summed E-state index contributed by atoms with van der Waals surface area (Å²) in [6, 6.07) is 0.0589. The lowest BCUT2D eigenvalue weighted by Crippen LogP contribution is -3.11. The summed E-state index contributed by atoms with van der Waals surface area (Å²) in [6.07, 6.45) is -1.75. The van der Waals surface area contributed by atoms with Gasteiger partial charge in [0.25, 0.3) is 7.82 Å². The van der Waals surface area contributed by atoms with E-state index in [-0.39, 0.29) is 72.1 Å². The number of thioether (sulfide) groups is 1. The number of phosphoric ester groups is 2. The number of hydrogen-bond acceptors (Lipinski definition) is 20. The van der Waals surface area contributed by atoms with Crippen LogP contribution < -0.4 is 41.3 Å². The second-order valence-electron chi connectivity index (χ2n) is 15.7. The maximum absolute atomic E-state index is 12.3. The van der Waals surface area contributed by atoms with E-state index in [2.05, 4.69) is 90.1 Å². The molecule has 3 aliphatic rings. The number of carbonyl (C=O) groups excluding carboxylic acids is 3. The average Bonchev–Trinajstić information content (AvgIpc) is 4.03. The molecule has 0 saturated carbocycles. The number of hydrogen-bond donors (Lipinski definition) is 9. The Bertz CT molecular complexity index is 2000. The Labute approximate surface area is 394 Å². The number of nitrogens with two attached hydrogens (primary N) is 1. The average molecular weight is 1040 g/mol. The number of quaternary nitrogens is 2. The van der Waals surface area contributed by atoms with Gasteiger partial charge in [-0.25, -0.2) is 32.9 Å². The fourth-order valence-corrected chi connectivity index (χ4v) is 12.2. The number of aromatic nitrogens is 4. The first-order chi connectivity index (χ1) is 31.6. The van der Waals surface area contributed by atoms with E-state index in [1.165, 1.54) is 50.2 Å². The number of ether oxygens (including phenoxy) is 1. The van der Waals surface area contributed by atoms with Crippen molar-refractivity contribution >= 4 is 70.1 Å². The molecule has 26 nitrogen and oxygen atoms in total. The maximum atomic E-state index is 12.3. The molecule has 4 unspecified atom stereocenters. The lowest BCUT2D eigenvalue weighted by Gasteiger charge is -2.30. The molecule has 2 aromatic rings. The van der Waals surface area contributed by atoms with E-state index in [1.807, 2.05) is 0 Å². The van der Waals surface area contributed by atoms with Gasteiger partial charge >= 0.3 is 27.6 Å². The molecule has 5 rings (SSSR count). The molecular formula is C37H69N10O16P3S. The number of fused-ring (bicyclic) bond motifs is 2. The Balaban J connectivity index is 0.000000737. The molecule has 10 N–H and O–H groups in total. The van der Waals surface area contributed by atoms with Gasteiger partial charge in [0, 0.05) is 30.4 Å². The zero-order chi connectivity index (χ0) is 50.0. The first-order valence-corrected chi connectivity index (χ1v) is 27.9. The maximum Gasteiger partial charge on any atom is 0.478 e. The molecule has 3 fully saturated rings. The van der Waals surface area contributed by atoms with E-state index < -0.39 is 67.0 Å². The van der Waals surface area contributed by atoms with E-state index in [9.17, 15) is 53.0 Å². The summed E-state index contributed by atoms with van der Waals surface area (Å²) in [6.45, 7) is 20.1. The van der Waals surface area contributed by atoms with Crippen LogP contribution in [0, 0.1) is 0 Å². The van der Waals surface area contributed by atoms with Crippen molar-refractivity contribution in [2.45, 2.75) is 128 Å². The summed E-state index contributed by atoms with van der Waals surface area (Å²) >= 11 is 1.78. The first-order valence-electron chi connectivity index (χ1n) is 22.4. The van der Waals surface area contributed by atoms with Crippen LogP contribution in [0.3, 0.4) is 0 Å². The van der Waals surface area contributed by atoms with Gasteiger partial charge < -0.3 is 65.6 Å². The molecule has 30 heteroatoms. The fourth-order valence-electron chi connectivity index (χ4n) is 7.28. The molecule has 0 bridgehead atoms. The van der Waals surface area contributed by atoms with Crippen molar-refractivity contribution < 1.29 is 85.2 Å². The van der Waals surface area contributed by atoms with Crippen molar-refractivity contribution in [3.63, 3.8) is 0 Å². The molecule has 5 heterocycles. The lowest BCUT2D eigenvalue weighted by atomic mass is 10.0. The minimum absolute atomic E-state index is 0.00980. The van der Waals surface area contributed by atoms with Crippen LogP contribution >= 0.6 is 35.2 Å². The number of carbonyl (C=O) groups is 3. The number of aliphatic hydroxyl groups excluding tert-OH is 2. The Morgan fingerprint density at radius 1 is 0.910 bits per heavy atom. The number of nitrogens with one attached hydrogen (secondary N) is 5. The fraction of sp³-hybridized carbons (Fsp3) is 0.784. The van der Waals surface area contributed by atoms with Gasteiger partial charge in [-0.2, -0.15) is 11.8 Å². The van der Waals surface area contributed by atoms with Gasteiger partial charge in [-0.15, -0.1) is 0 Å². The predicted molar refractivity (Wildman–Crippen MR) is 241 cm³/mol. The number of aliphatic hydroxyl groups is 2. The van der Waals surface area contributed by atoms with Crippen LogP contribution in [-0.4, -0.2) is 146 Å². The van der Waals surface area contributed by atoms with Gasteiger partial charge in [-0.05, 0) is 67.2 Å². The predicted octanol–water partition coefficient (Wildman–Crippen LogP) is -1.47. The van der Waals surface area contributed by atoms with Crippen molar-refractivity contribution in [2.75, 3.05) is 63.9 Å².